The van der Waals surface area contributed by atoms with Gasteiger partial charge >= 0.3 is 0 Å². The molecular formula is C54H44N2. The Labute approximate surface area is 331 Å². The Kier molecular flexibility index (Phi) is 10.8. The van der Waals surface area contributed by atoms with E-state index in [0.29, 0.717) is 0 Å². The molecule has 0 saturated carbocycles. The first-order valence-corrected chi connectivity index (χ1v) is 19.2. The predicted molar refractivity (Wildman–Crippen MR) is 241 cm³/mol. The van der Waals surface area contributed by atoms with E-state index >= 15 is 0 Å². The van der Waals surface area contributed by atoms with E-state index < -0.39 is 0 Å². The number of nitrogens with zero attached hydrogens (tertiary/aromatic N) is 2. The summed E-state index contributed by atoms with van der Waals surface area (Å²) < 4.78 is 0. The predicted octanol–water partition coefficient (Wildman–Crippen LogP) is 15.3. The van der Waals surface area contributed by atoms with Crippen LogP contribution >= 0.6 is 0 Å². The average molecular weight is 721 g/mol. The highest BCUT2D eigenvalue weighted by molar-refractivity contribution is 5.82. The third-order valence-corrected chi connectivity index (χ3v) is 10.0. The van der Waals surface area contributed by atoms with Crippen LogP contribution in [0.3, 0.4) is 0 Å². The first-order chi connectivity index (χ1) is 27.6. The van der Waals surface area contributed by atoms with Gasteiger partial charge in [-0.05, 0) is 120 Å². The van der Waals surface area contributed by atoms with Crippen LogP contribution in [-0.2, 0) is 0 Å². The molecule has 0 N–H and O–H groups in total. The number of aryl methyl sites for hydroxylation is 2. The van der Waals surface area contributed by atoms with Crippen molar-refractivity contribution >= 4 is 58.4 Å². The summed E-state index contributed by atoms with van der Waals surface area (Å²) in [6, 6.07) is 73.6. The van der Waals surface area contributed by atoms with Crippen LogP contribution in [0.4, 0.5) is 34.1 Å². The van der Waals surface area contributed by atoms with Gasteiger partial charge in [-0.15, -0.1) is 0 Å². The fraction of sp³-hybridized carbons (Fsp3) is 0.0370. The molecule has 0 unspecified atom stereocenters. The molecule has 0 heterocycles. The summed E-state index contributed by atoms with van der Waals surface area (Å²) in [6.45, 7) is 4.26. The van der Waals surface area contributed by atoms with Gasteiger partial charge in [-0.3, -0.25) is 0 Å². The van der Waals surface area contributed by atoms with Crippen molar-refractivity contribution in [1.82, 2.24) is 0 Å². The first kappa shape index (κ1) is 35.8. The fourth-order valence-corrected chi connectivity index (χ4v) is 6.87. The lowest BCUT2D eigenvalue weighted by molar-refractivity contribution is 1.27. The van der Waals surface area contributed by atoms with Crippen LogP contribution in [0, 0.1) is 13.8 Å². The summed E-state index contributed by atoms with van der Waals surface area (Å²) in [4.78, 5) is 4.64. The average Bonchev–Trinajstić information content (AvgIpc) is 3.26. The Morgan fingerprint density at radius 2 is 0.482 bits per heavy atom. The quantitative estimate of drug-likeness (QED) is 0.123. The summed E-state index contributed by atoms with van der Waals surface area (Å²) in [5.41, 5.74) is 16.2. The highest BCUT2D eigenvalue weighted by Gasteiger charge is 2.15. The maximum absolute atomic E-state index is 2.32. The van der Waals surface area contributed by atoms with E-state index in [-0.39, 0.29) is 0 Å². The monoisotopic (exact) mass is 720 g/mol. The summed E-state index contributed by atoms with van der Waals surface area (Å²) in [7, 11) is 0. The van der Waals surface area contributed by atoms with Crippen molar-refractivity contribution in [2.24, 2.45) is 0 Å². The standard InChI is InChI=1S/C54H44N2/c1-41-13-29-49(30-14-41)55(51-33-21-45(22-34-51)19-17-43-9-5-3-6-10-43)53-37-25-47(26-38-53)48-27-39-54(40-28-48)56(50-31-15-42(2)16-32-50)52-35-23-46(24-36-52)20-18-44-11-7-4-8-12-44/h3-40H,1-2H3. The highest BCUT2D eigenvalue weighted by Crippen LogP contribution is 2.38. The molecule has 0 aliphatic carbocycles. The normalized spacial score (nSPS) is 11.2. The van der Waals surface area contributed by atoms with Crippen LogP contribution < -0.4 is 9.80 Å². The lowest BCUT2D eigenvalue weighted by Gasteiger charge is -2.26. The topological polar surface area (TPSA) is 6.48 Å². The van der Waals surface area contributed by atoms with Crippen LogP contribution in [0.1, 0.15) is 33.4 Å². The van der Waals surface area contributed by atoms with E-state index in [1.807, 2.05) is 12.1 Å². The number of rotatable bonds is 11. The van der Waals surface area contributed by atoms with Crippen molar-refractivity contribution in [3.8, 4) is 11.1 Å². The zero-order valence-corrected chi connectivity index (χ0v) is 31.8. The van der Waals surface area contributed by atoms with Crippen LogP contribution in [0.2, 0.25) is 0 Å². The minimum absolute atomic E-state index is 1.11. The van der Waals surface area contributed by atoms with E-state index in [4.69, 9.17) is 0 Å². The Hall–Kier alpha value is -7.16. The molecule has 8 rings (SSSR count). The van der Waals surface area contributed by atoms with Gasteiger partial charge in [0.15, 0.2) is 0 Å². The van der Waals surface area contributed by atoms with Gasteiger partial charge in [0.1, 0.15) is 0 Å². The molecule has 8 aromatic rings. The van der Waals surface area contributed by atoms with Crippen molar-refractivity contribution in [2.45, 2.75) is 13.8 Å². The fourth-order valence-electron chi connectivity index (χ4n) is 6.87. The molecule has 0 amide bonds. The van der Waals surface area contributed by atoms with Crippen molar-refractivity contribution in [2.75, 3.05) is 9.80 Å². The molecule has 2 nitrogen and oxygen atoms in total. The maximum atomic E-state index is 2.32. The molecule has 0 saturated heterocycles. The summed E-state index contributed by atoms with van der Waals surface area (Å²) in [5.74, 6) is 0. The molecule has 0 radical (unpaired) electrons. The molecule has 2 heteroatoms. The van der Waals surface area contributed by atoms with Gasteiger partial charge in [-0.1, -0.05) is 169 Å². The molecule has 0 aliphatic heterocycles. The Bertz CT molecular complexity index is 2330. The zero-order chi connectivity index (χ0) is 38.1. The third kappa shape index (κ3) is 8.62. The SMILES string of the molecule is Cc1ccc(N(c2ccc(C=Cc3ccccc3)cc2)c2ccc(-c3ccc(N(c4ccc(C)cc4)c4ccc(C=Cc5ccccc5)cc4)cc3)cc2)cc1. The van der Waals surface area contributed by atoms with Gasteiger partial charge in [-0.25, -0.2) is 0 Å². The van der Waals surface area contributed by atoms with Gasteiger partial charge in [0, 0.05) is 34.1 Å². The van der Waals surface area contributed by atoms with Crippen molar-refractivity contribution < 1.29 is 0 Å². The molecule has 0 spiro atoms. The van der Waals surface area contributed by atoms with Gasteiger partial charge in [0.05, 0.1) is 0 Å². The largest absolute Gasteiger partial charge is 0.311 e. The van der Waals surface area contributed by atoms with Crippen LogP contribution in [0.5, 0.6) is 0 Å². The second-order valence-corrected chi connectivity index (χ2v) is 14.1. The zero-order valence-electron chi connectivity index (χ0n) is 31.8. The molecule has 0 bridgehead atoms. The van der Waals surface area contributed by atoms with E-state index in [0.717, 1.165) is 45.3 Å². The van der Waals surface area contributed by atoms with Gasteiger partial charge < -0.3 is 9.80 Å². The molecule has 0 aromatic heterocycles. The number of benzene rings is 8. The number of anilines is 6. The second kappa shape index (κ2) is 16.9. The summed E-state index contributed by atoms with van der Waals surface area (Å²) in [6.07, 6.45) is 8.64. The van der Waals surface area contributed by atoms with Crippen molar-refractivity contribution in [3.63, 3.8) is 0 Å². The third-order valence-electron chi connectivity index (χ3n) is 10.0. The van der Waals surface area contributed by atoms with E-state index in [1.54, 1.807) is 0 Å². The molecule has 0 aliphatic rings. The minimum atomic E-state index is 1.11. The summed E-state index contributed by atoms with van der Waals surface area (Å²) >= 11 is 0. The Balaban J connectivity index is 1.05. The molecule has 56 heavy (non-hydrogen) atoms. The number of hydrogen-bond acceptors (Lipinski definition) is 2. The summed E-state index contributed by atoms with van der Waals surface area (Å²) in [5, 5.41) is 0. The smallest absolute Gasteiger partial charge is 0.0462 e. The van der Waals surface area contributed by atoms with E-state index in [9.17, 15) is 0 Å². The van der Waals surface area contributed by atoms with E-state index in [2.05, 4.69) is 242 Å². The Morgan fingerprint density at radius 1 is 0.250 bits per heavy atom. The molecular weight excluding hydrogens is 677 g/mol. The van der Waals surface area contributed by atoms with Gasteiger partial charge in [0.2, 0.25) is 0 Å². The van der Waals surface area contributed by atoms with Gasteiger partial charge in [0.25, 0.3) is 0 Å². The lowest BCUT2D eigenvalue weighted by Crippen LogP contribution is -2.10. The lowest BCUT2D eigenvalue weighted by atomic mass is 10.0. The van der Waals surface area contributed by atoms with E-state index in [1.165, 1.54) is 33.4 Å². The van der Waals surface area contributed by atoms with Crippen LogP contribution in [0.15, 0.2) is 206 Å². The minimum Gasteiger partial charge on any atom is -0.311 e. The van der Waals surface area contributed by atoms with Crippen molar-refractivity contribution in [3.05, 3.63) is 240 Å². The molecule has 270 valence electrons. The second-order valence-electron chi connectivity index (χ2n) is 14.1. The molecule has 0 fully saturated rings. The first-order valence-electron chi connectivity index (χ1n) is 19.2. The molecule has 8 aromatic carbocycles. The van der Waals surface area contributed by atoms with Gasteiger partial charge in [-0.2, -0.15) is 0 Å². The van der Waals surface area contributed by atoms with Crippen LogP contribution in [0.25, 0.3) is 35.4 Å². The Morgan fingerprint density at radius 3 is 0.768 bits per heavy atom. The van der Waals surface area contributed by atoms with Crippen molar-refractivity contribution in [1.29, 1.82) is 0 Å². The highest BCUT2D eigenvalue weighted by atomic mass is 15.1. The number of hydrogen-bond donors (Lipinski definition) is 0. The van der Waals surface area contributed by atoms with Crippen LogP contribution in [-0.4, -0.2) is 0 Å². The molecule has 0 atom stereocenters. The maximum Gasteiger partial charge on any atom is 0.0462 e.